The van der Waals surface area contributed by atoms with Gasteiger partial charge in [0.15, 0.2) is 11.6 Å². The summed E-state index contributed by atoms with van der Waals surface area (Å²) < 4.78 is 8.07. The van der Waals surface area contributed by atoms with Gasteiger partial charge in [-0.15, -0.1) is 0 Å². The minimum atomic E-state index is -0.582. The Morgan fingerprint density at radius 2 is 1.97 bits per heavy atom. The number of nitro groups is 1. The second-order valence-corrected chi connectivity index (χ2v) is 6.98. The van der Waals surface area contributed by atoms with E-state index in [1.165, 1.54) is 24.5 Å². The Morgan fingerprint density at radius 1 is 1.20 bits per heavy atom. The van der Waals surface area contributed by atoms with Gasteiger partial charge in [-0.1, -0.05) is 5.16 Å². The summed E-state index contributed by atoms with van der Waals surface area (Å²) in [6.07, 6.45) is 1.27. The Morgan fingerprint density at radius 3 is 2.63 bits per heavy atom. The monoisotopic (exact) mass is 407 g/mol. The van der Waals surface area contributed by atoms with Crippen molar-refractivity contribution < 1.29 is 14.2 Å². The molecule has 0 spiro atoms. The highest BCUT2D eigenvalue weighted by Crippen LogP contribution is 2.22. The lowest BCUT2D eigenvalue weighted by molar-refractivity contribution is -0.384. The standard InChI is InChI=1S/C20H17N5O5/c1-11-6-15(13(3)24(11)19-7-12(2)30-22-19)18(26)9-23-10-21-17-5-4-14(25(28)29)8-16(17)20(23)27/h4-8,10H,9H2,1-3H3. The van der Waals surface area contributed by atoms with Crippen molar-refractivity contribution in [1.82, 2.24) is 19.3 Å². The molecule has 3 aromatic heterocycles. The van der Waals surface area contributed by atoms with Crippen LogP contribution in [0.25, 0.3) is 16.7 Å². The van der Waals surface area contributed by atoms with Gasteiger partial charge in [-0.25, -0.2) is 4.98 Å². The summed E-state index contributed by atoms with van der Waals surface area (Å²) in [6, 6.07) is 7.36. The number of non-ortho nitro benzene ring substituents is 1. The molecule has 30 heavy (non-hydrogen) atoms. The van der Waals surface area contributed by atoms with Gasteiger partial charge in [0, 0.05) is 35.2 Å². The maximum atomic E-state index is 12.9. The Bertz CT molecular complexity index is 1380. The number of carbonyl (C=O) groups excluding carboxylic acids is 1. The minimum absolute atomic E-state index is 0.0862. The molecular weight excluding hydrogens is 390 g/mol. The third-order valence-electron chi connectivity index (χ3n) is 4.91. The van der Waals surface area contributed by atoms with Crippen LogP contribution in [-0.4, -0.2) is 30.0 Å². The summed E-state index contributed by atoms with van der Waals surface area (Å²) in [5, 5.41) is 15.1. The second-order valence-electron chi connectivity index (χ2n) is 6.98. The fraction of sp³-hybridized carbons (Fsp3) is 0.200. The number of fused-ring (bicyclic) bond motifs is 1. The number of hydrogen-bond donors (Lipinski definition) is 0. The van der Waals surface area contributed by atoms with Gasteiger partial charge in [-0.2, -0.15) is 0 Å². The lowest BCUT2D eigenvalue weighted by Crippen LogP contribution is -2.25. The van der Waals surface area contributed by atoms with E-state index in [-0.39, 0.29) is 23.4 Å². The van der Waals surface area contributed by atoms with Crippen molar-refractivity contribution in [1.29, 1.82) is 0 Å². The smallest absolute Gasteiger partial charge is 0.270 e. The van der Waals surface area contributed by atoms with Gasteiger partial charge in [0.2, 0.25) is 0 Å². The third kappa shape index (κ3) is 3.17. The molecule has 0 saturated heterocycles. The van der Waals surface area contributed by atoms with Gasteiger partial charge in [-0.3, -0.25) is 28.8 Å². The van der Waals surface area contributed by atoms with E-state index in [1.807, 2.05) is 6.92 Å². The van der Waals surface area contributed by atoms with Crippen molar-refractivity contribution in [3.63, 3.8) is 0 Å². The fourth-order valence-corrected chi connectivity index (χ4v) is 3.47. The number of hydrogen-bond acceptors (Lipinski definition) is 7. The van der Waals surface area contributed by atoms with E-state index in [0.29, 0.717) is 28.4 Å². The molecule has 0 fully saturated rings. The quantitative estimate of drug-likeness (QED) is 0.283. The van der Waals surface area contributed by atoms with Gasteiger partial charge in [-0.05, 0) is 32.9 Å². The third-order valence-corrected chi connectivity index (χ3v) is 4.91. The van der Waals surface area contributed by atoms with Crippen LogP contribution >= 0.6 is 0 Å². The highest BCUT2D eigenvalue weighted by atomic mass is 16.6. The number of rotatable bonds is 5. The minimum Gasteiger partial charge on any atom is -0.360 e. The molecule has 4 rings (SSSR count). The molecule has 0 N–H and O–H groups in total. The van der Waals surface area contributed by atoms with Crippen LogP contribution in [0.4, 0.5) is 5.69 Å². The summed E-state index contributed by atoms with van der Waals surface area (Å²) in [5.41, 5.74) is 1.51. The van der Waals surface area contributed by atoms with Crippen molar-refractivity contribution in [2.75, 3.05) is 0 Å². The van der Waals surface area contributed by atoms with E-state index in [4.69, 9.17) is 4.52 Å². The Kier molecular flexibility index (Phi) is 4.53. The zero-order valence-corrected chi connectivity index (χ0v) is 16.4. The summed E-state index contributed by atoms with van der Waals surface area (Å²) >= 11 is 0. The van der Waals surface area contributed by atoms with Crippen LogP contribution in [0, 0.1) is 30.9 Å². The molecule has 0 amide bonds. The number of carbonyl (C=O) groups is 1. The van der Waals surface area contributed by atoms with Crippen molar-refractivity contribution in [3.8, 4) is 5.82 Å². The SMILES string of the molecule is Cc1cc(-n2c(C)cc(C(=O)Cn3cnc4ccc([N+](=O)[O-])cc4c3=O)c2C)no1. The lowest BCUT2D eigenvalue weighted by Gasteiger charge is -2.07. The molecule has 0 bridgehead atoms. The molecule has 0 aliphatic carbocycles. The number of ketones is 1. The first-order chi connectivity index (χ1) is 14.3. The zero-order chi connectivity index (χ0) is 21.6. The number of aryl methyl sites for hydroxylation is 2. The maximum absolute atomic E-state index is 12.9. The molecule has 3 heterocycles. The Labute approximate surface area is 169 Å². The van der Waals surface area contributed by atoms with E-state index in [2.05, 4.69) is 10.1 Å². The topological polar surface area (TPSA) is 126 Å². The summed E-state index contributed by atoms with van der Waals surface area (Å²) in [4.78, 5) is 40.3. The molecule has 0 aliphatic rings. The van der Waals surface area contributed by atoms with Gasteiger partial charge in [0.1, 0.15) is 5.76 Å². The van der Waals surface area contributed by atoms with Crippen molar-refractivity contribution >= 4 is 22.4 Å². The first kappa shape index (κ1) is 19.2. The number of Topliss-reactive ketones (excluding diaryl/α,β-unsaturated/α-hetero) is 1. The van der Waals surface area contributed by atoms with Gasteiger partial charge >= 0.3 is 0 Å². The maximum Gasteiger partial charge on any atom is 0.270 e. The van der Waals surface area contributed by atoms with E-state index < -0.39 is 10.5 Å². The molecular formula is C20H17N5O5. The van der Waals surface area contributed by atoms with Gasteiger partial charge in [0.05, 0.1) is 28.7 Å². The predicted molar refractivity (Wildman–Crippen MR) is 107 cm³/mol. The average Bonchev–Trinajstić information content (AvgIpc) is 3.25. The largest absolute Gasteiger partial charge is 0.360 e. The van der Waals surface area contributed by atoms with Gasteiger partial charge < -0.3 is 4.52 Å². The molecule has 0 unspecified atom stereocenters. The highest BCUT2D eigenvalue weighted by Gasteiger charge is 2.20. The molecule has 0 radical (unpaired) electrons. The summed E-state index contributed by atoms with van der Waals surface area (Å²) in [6.45, 7) is 5.17. The van der Waals surface area contributed by atoms with Crippen LogP contribution < -0.4 is 5.56 Å². The van der Waals surface area contributed by atoms with Crippen LogP contribution in [-0.2, 0) is 6.54 Å². The van der Waals surface area contributed by atoms with E-state index in [9.17, 15) is 19.7 Å². The number of nitrogens with zero attached hydrogens (tertiary/aromatic N) is 5. The van der Waals surface area contributed by atoms with Crippen molar-refractivity contribution in [2.24, 2.45) is 0 Å². The zero-order valence-electron chi connectivity index (χ0n) is 16.4. The molecule has 0 saturated carbocycles. The van der Waals surface area contributed by atoms with Crippen molar-refractivity contribution in [3.05, 3.63) is 79.8 Å². The van der Waals surface area contributed by atoms with Crippen LogP contribution in [0.5, 0.6) is 0 Å². The van der Waals surface area contributed by atoms with Crippen LogP contribution in [0.1, 0.15) is 27.5 Å². The first-order valence-corrected chi connectivity index (χ1v) is 9.05. The number of aromatic nitrogens is 4. The van der Waals surface area contributed by atoms with E-state index >= 15 is 0 Å². The van der Waals surface area contributed by atoms with E-state index in [1.54, 1.807) is 30.5 Å². The normalized spacial score (nSPS) is 11.2. The molecule has 1 aromatic carbocycles. The molecule has 0 aliphatic heterocycles. The number of nitro benzene ring substituents is 1. The summed E-state index contributed by atoms with van der Waals surface area (Å²) in [7, 11) is 0. The van der Waals surface area contributed by atoms with Crippen LogP contribution in [0.2, 0.25) is 0 Å². The molecule has 152 valence electrons. The van der Waals surface area contributed by atoms with Crippen molar-refractivity contribution in [2.45, 2.75) is 27.3 Å². The van der Waals surface area contributed by atoms with E-state index in [0.717, 1.165) is 10.3 Å². The molecule has 0 atom stereocenters. The summed E-state index contributed by atoms with van der Waals surface area (Å²) in [5.74, 6) is 0.926. The molecule has 4 aromatic rings. The van der Waals surface area contributed by atoms with Crippen LogP contribution in [0.15, 0.2) is 46.0 Å². The van der Waals surface area contributed by atoms with Crippen LogP contribution in [0.3, 0.4) is 0 Å². The number of benzene rings is 1. The highest BCUT2D eigenvalue weighted by molar-refractivity contribution is 5.97. The first-order valence-electron chi connectivity index (χ1n) is 9.05. The predicted octanol–water partition coefficient (Wildman–Crippen LogP) is 2.89. The van der Waals surface area contributed by atoms with Gasteiger partial charge in [0.25, 0.3) is 11.2 Å². The second kappa shape index (κ2) is 7.07. The lowest BCUT2D eigenvalue weighted by atomic mass is 10.1. The molecule has 10 nitrogen and oxygen atoms in total. The molecule has 10 heteroatoms. The Hall–Kier alpha value is -4.08. The Balaban J connectivity index is 1.71. The fourth-order valence-electron chi connectivity index (χ4n) is 3.47. The average molecular weight is 407 g/mol.